The van der Waals surface area contributed by atoms with E-state index in [2.05, 4.69) is 10.9 Å². The molecule has 2 N–H and O–H groups in total. The number of nitriles is 1. The van der Waals surface area contributed by atoms with Crippen LogP contribution in [0.15, 0.2) is 30.3 Å². The molecule has 0 aliphatic carbocycles. The van der Waals surface area contributed by atoms with Crippen molar-refractivity contribution in [3.05, 3.63) is 35.9 Å². The van der Waals surface area contributed by atoms with Gasteiger partial charge in [0.25, 0.3) is 0 Å². The molecule has 1 rings (SSSR count). The summed E-state index contributed by atoms with van der Waals surface area (Å²) in [5.41, 5.74) is 6.56. The molecule has 0 spiro atoms. The highest BCUT2D eigenvalue weighted by Gasteiger charge is 2.04. The number of amides is 1. The lowest BCUT2D eigenvalue weighted by Gasteiger charge is -2.13. The van der Waals surface area contributed by atoms with Crippen molar-refractivity contribution in [2.75, 3.05) is 0 Å². The number of benzene rings is 1. The third-order valence-electron chi connectivity index (χ3n) is 2.08. The fraction of sp³-hybridized carbons (Fsp3) is 0.333. The first-order chi connectivity index (χ1) is 7.72. The van der Waals surface area contributed by atoms with E-state index >= 15 is 0 Å². The van der Waals surface area contributed by atoms with E-state index in [1.165, 1.54) is 5.56 Å². The molecule has 0 aliphatic heterocycles. The molecule has 1 amide bonds. The van der Waals surface area contributed by atoms with Crippen LogP contribution in [-0.4, -0.2) is 11.9 Å². The van der Waals surface area contributed by atoms with Crippen LogP contribution in [0.3, 0.4) is 0 Å². The summed E-state index contributed by atoms with van der Waals surface area (Å²) >= 11 is 0. The fourth-order valence-corrected chi connectivity index (χ4v) is 1.34. The van der Waals surface area contributed by atoms with Crippen molar-refractivity contribution in [2.45, 2.75) is 25.8 Å². The predicted octanol–water partition coefficient (Wildman–Crippen LogP) is 1.15. The molecule has 0 saturated heterocycles. The van der Waals surface area contributed by atoms with Crippen molar-refractivity contribution in [1.29, 1.82) is 5.26 Å². The van der Waals surface area contributed by atoms with Crippen LogP contribution in [0.2, 0.25) is 0 Å². The van der Waals surface area contributed by atoms with Crippen LogP contribution < -0.4 is 10.9 Å². The van der Waals surface area contributed by atoms with E-state index in [4.69, 9.17) is 5.26 Å². The van der Waals surface area contributed by atoms with Gasteiger partial charge in [0.1, 0.15) is 6.42 Å². The van der Waals surface area contributed by atoms with Gasteiger partial charge in [0.05, 0.1) is 6.07 Å². The van der Waals surface area contributed by atoms with Crippen LogP contribution in [0.5, 0.6) is 0 Å². The Kier molecular flexibility index (Phi) is 5.03. The number of carbonyl (C=O) groups is 1. The van der Waals surface area contributed by atoms with Crippen molar-refractivity contribution in [3.8, 4) is 6.07 Å². The number of hydrazine groups is 1. The third kappa shape index (κ3) is 4.58. The SMILES string of the molecule is C[C@@H](Cc1ccccc1)NNC(=O)CC#N. The second kappa shape index (κ2) is 6.59. The number of carbonyl (C=O) groups excluding carboxylic acids is 1. The monoisotopic (exact) mass is 217 g/mol. The lowest BCUT2D eigenvalue weighted by atomic mass is 10.1. The quantitative estimate of drug-likeness (QED) is 0.727. The van der Waals surface area contributed by atoms with Gasteiger partial charge in [0.15, 0.2) is 0 Å². The molecule has 0 saturated carbocycles. The summed E-state index contributed by atoms with van der Waals surface area (Å²) in [7, 11) is 0. The predicted molar refractivity (Wildman–Crippen MR) is 61.1 cm³/mol. The zero-order valence-corrected chi connectivity index (χ0v) is 9.23. The minimum atomic E-state index is -0.303. The molecule has 0 bridgehead atoms. The standard InChI is InChI=1S/C12H15N3O/c1-10(14-15-12(16)7-8-13)9-11-5-3-2-4-6-11/h2-6,10,14H,7,9H2,1H3,(H,15,16)/t10-/m0/s1. The van der Waals surface area contributed by atoms with Gasteiger partial charge < -0.3 is 0 Å². The van der Waals surface area contributed by atoms with E-state index in [0.29, 0.717) is 0 Å². The Labute approximate surface area is 95.2 Å². The molecule has 4 nitrogen and oxygen atoms in total. The normalized spacial score (nSPS) is 11.5. The maximum Gasteiger partial charge on any atom is 0.248 e. The molecular weight excluding hydrogens is 202 g/mol. The molecule has 84 valence electrons. The van der Waals surface area contributed by atoms with Crippen molar-refractivity contribution in [1.82, 2.24) is 10.9 Å². The molecule has 0 unspecified atom stereocenters. The average Bonchev–Trinajstić information content (AvgIpc) is 2.28. The van der Waals surface area contributed by atoms with E-state index in [9.17, 15) is 4.79 Å². The number of nitrogens with zero attached hydrogens (tertiary/aromatic N) is 1. The van der Waals surface area contributed by atoms with Crippen molar-refractivity contribution in [3.63, 3.8) is 0 Å². The lowest BCUT2D eigenvalue weighted by molar-refractivity contribution is -0.121. The van der Waals surface area contributed by atoms with Crippen LogP contribution in [0.4, 0.5) is 0 Å². The zero-order chi connectivity index (χ0) is 11.8. The fourth-order valence-electron chi connectivity index (χ4n) is 1.34. The van der Waals surface area contributed by atoms with Crippen molar-refractivity contribution in [2.24, 2.45) is 0 Å². The first kappa shape index (κ1) is 12.2. The molecule has 16 heavy (non-hydrogen) atoms. The van der Waals surface area contributed by atoms with E-state index in [-0.39, 0.29) is 18.4 Å². The minimum Gasteiger partial charge on any atom is -0.290 e. The Balaban J connectivity index is 2.29. The second-order valence-corrected chi connectivity index (χ2v) is 3.62. The lowest BCUT2D eigenvalue weighted by Crippen LogP contribution is -2.43. The maximum absolute atomic E-state index is 11.0. The zero-order valence-electron chi connectivity index (χ0n) is 9.23. The molecular formula is C12H15N3O. The summed E-state index contributed by atoms with van der Waals surface area (Å²) in [5, 5.41) is 8.30. The van der Waals surface area contributed by atoms with Gasteiger partial charge in [-0.3, -0.25) is 10.2 Å². The van der Waals surface area contributed by atoms with Gasteiger partial charge in [-0.1, -0.05) is 30.3 Å². The molecule has 0 fully saturated rings. The Morgan fingerprint density at radius 1 is 1.44 bits per heavy atom. The first-order valence-corrected chi connectivity index (χ1v) is 5.17. The molecule has 0 radical (unpaired) electrons. The number of hydrogen-bond donors (Lipinski definition) is 2. The summed E-state index contributed by atoms with van der Waals surface area (Å²) in [4.78, 5) is 11.0. The summed E-state index contributed by atoms with van der Waals surface area (Å²) in [6.45, 7) is 1.97. The van der Waals surface area contributed by atoms with Crippen molar-refractivity contribution >= 4 is 5.91 Å². The third-order valence-corrected chi connectivity index (χ3v) is 2.08. The average molecular weight is 217 g/mol. The van der Waals surface area contributed by atoms with Crippen LogP contribution in [0, 0.1) is 11.3 Å². The van der Waals surface area contributed by atoms with E-state index in [1.54, 1.807) is 6.07 Å². The summed E-state index contributed by atoms with van der Waals surface area (Å²) < 4.78 is 0. The van der Waals surface area contributed by atoms with Crippen LogP contribution in [0.25, 0.3) is 0 Å². The van der Waals surface area contributed by atoms with Gasteiger partial charge >= 0.3 is 0 Å². The van der Waals surface area contributed by atoms with E-state index in [0.717, 1.165) is 6.42 Å². The number of rotatable bonds is 5. The van der Waals surface area contributed by atoms with Gasteiger partial charge in [-0.2, -0.15) is 5.26 Å². The Morgan fingerprint density at radius 3 is 2.75 bits per heavy atom. The second-order valence-electron chi connectivity index (χ2n) is 3.62. The molecule has 0 aliphatic rings. The topological polar surface area (TPSA) is 64.9 Å². The summed E-state index contributed by atoms with van der Waals surface area (Å²) in [6.07, 6.45) is 0.707. The van der Waals surface area contributed by atoms with E-state index < -0.39 is 0 Å². The Bertz CT molecular complexity index is 370. The van der Waals surface area contributed by atoms with Crippen LogP contribution in [0.1, 0.15) is 18.9 Å². The largest absolute Gasteiger partial charge is 0.290 e. The molecule has 0 heterocycles. The molecule has 1 aromatic rings. The van der Waals surface area contributed by atoms with Gasteiger partial charge in [-0.25, -0.2) is 5.43 Å². The molecule has 1 atom stereocenters. The number of nitrogens with one attached hydrogen (secondary N) is 2. The first-order valence-electron chi connectivity index (χ1n) is 5.17. The Morgan fingerprint density at radius 2 is 2.12 bits per heavy atom. The smallest absolute Gasteiger partial charge is 0.248 e. The van der Waals surface area contributed by atoms with E-state index in [1.807, 2.05) is 37.3 Å². The van der Waals surface area contributed by atoms with Gasteiger partial charge in [0.2, 0.25) is 5.91 Å². The molecule has 4 heteroatoms. The maximum atomic E-state index is 11.0. The minimum absolute atomic E-state index is 0.120. The van der Waals surface area contributed by atoms with Crippen molar-refractivity contribution < 1.29 is 4.79 Å². The van der Waals surface area contributed by atoms with Gasteiger partial charge in [-0.15, -0.1) is 0 Å². The molecule has 0 aromatic heterocycles. The van der Waals surface area contributed by atoms with Gasteiger partial charge in [-0.05, 0) is 18.9 Å². The number of hydrogen-bond acceptors (Lipinski definition) is 3. The molecule has 1 aromatic carbocycles. The highest BCUT2D eigenvalue weighted by Crippen LogP contribution is 2.01. The summed E-state index contributed by atoms with van der Waals surface area (Å²) in [5.74, 6) is -0.303. The Hall–Kier alpha value is -1.86. The highest BCUT2D eigenvalue weighted by atomic mass is 16.2. The van der Waals surface area contributed by atoms with Gasteiger partial charge in [0, 0.05) is 6.04 Å². The van der Waals surface area contributed by atoms with Crippen LogP contribution >= 0.6 is 0 Å². The highest BCUT2D eigenvalue weighted by molar-refractivity contribution is 5.77. The van der Waals surface area contributed by atoms with Crippen LogP contribution in [-0.2, 0) is 11.2 Å². The summed E-state index contributed by atoms with van der Waals surface area (Å²) in [6, 6.07) is 11.9.